The van der Waals surface area contributed by atoms with Gasteiger partial charge in [0.1, 0.15) is 5.75 Å². The van der Waals surface area contributed by atoms with Crippen molar-refractivity contribution in [3.8, 4) is 17.2 Å². The van der Waals surface area contributed by atoms with Gasteiger partial charge in [0.25, 0.3) is 5.91 Å². The summed E-state index contributed by atoms with van der Waals surface area (Å²) in [6.45, 7) is 12.0. The highest BCUT2D eigenvalue weighted by atomic mass is 16.5. The van der Waals surface area contributed by atoms with Gasteiger partial charge in [-0.05, 0) is 99.8 Å². The average Bonchev–Trinajstić information content (AvgIpc) is 3.05. The van der Waals surface area contributed by atoms with Gasteiger partial charge in [-0.3, -0.25) is 4.79 Å². The van der Waals surface area contributed by atoms with Gasteiger partial charge in [-0.2, -0.15) is 0 Å². The van der Waals surface area contributed by atoms with Crippen molar-refractivity contribution in [1.29, 1.82) is 0 Å². The van der Waals surface area contributed by atoms with Crippen molar-refractivity contribution in [2.75, 3.05) is 48.8 Å². The molecule has 3 aromatic carbocycles. The molecule has 44 heavy (non-hydrogen) atoms. The number of hydrogen-bond acceptors (Lipinski definition) is 6. The molecule has 1 aliphatic heterocycles. The van der Waals surface area contributed by atoms with Crippen molar-refractivity contribution < 1.29 is 19.1 Å². The number of rotatable bonds is 13. The Kier molecular flexibility index (Phi) is 11.9. The van der Waals surface area contributed by atoms with Crippen LogP contribution < -0.4 is 30.3 Å². The molecule has 1 fully saturated rings. The van der Waals surface area contributed by atoms with Crippen molar-refractivity contribution in [3.63, 3.8) is 0 Å². The lowest BCUT2D eigenvalue weighted by Gasteiger charge is -2.37. The van der Waals surface area contributed by atoms with Crippen molar-refractivity contribution in [1.82, 2.24) is 10.2 Å². The molecule has 9 nitrogen and oxygen atoms in total. The molecule has 0 radical (unpaired) electrons. The van der Waals surface area contributed by atoms with Gasteiger partial charge < -0.3 is 35.2 Å². The number of likely N-dealkylation sites (tertiary alicyclic amines) is 1. The standard InChI is InChI=1S/C35H47N5O4/c1-6-26(7-2)37-35(42)38-28-14-19-32(33(24-28)43-9-4)44-31-17-12-27(13-18-31)36-34(41)25-10-15-29(16-11-25)39(5)30-20-22-40(8-3)23-21-30/h10-19,24,26,30H,6-9,20-23H2,1-5H3,(H,36,41)(H2,37,38,42). The number of piperidine rings is 1. The Bertz CT molecular complexity index is 1350. The molecule has 3 amide bonds. The molecule has 3 N–H and O–H groups in total. The molecule has 0 aromatic heterocycles. The fourth-order valence-corrected chi connectivity index (χ4v) is 5.40. The van der Waals surface area contributed by atoms with Crippen LogP contribution in [0.3, 0.4) is 0 Å². The van der Waals surface area contributed by atoms with E-state index in [4.69, 9.17) is 9.47 Å². The van der Waals surface area contributed by atoms with Gasteiger partial charge in [0.15, 0.2) is 11.5 Å². The highest BCUT2D eigenvalue weighted by Gasteiger charge is 2.22. The number of amides is 3. The molecule has 4 rings (SSSR count). The quantitative estimate of drug-likeness (QED) is 0.190. The largest absolute Gasteiger partial charge is 0.490 e. The van der Waals surface area contributed by atoms with Gasteiger partial charge in [0.05, 0.1) is 6.61 Å². The normalized spacial score (nSPS) is 13.8. The molecule has 1 saturated heterocycles. The van der Waals surface area contributed by atoms with Gasteiger partial charge in [-0.25, -0.2) is 4.79 Å². The van der Waals surface area contributed by atoms with Crippen molar-refractivity contribution >= 4 is 29.0 Å². The Labute approximate surface area is 261 Å². The number of carbonyl (C=O) groups is 2. The number of benzene rings is 3. The first kappa shape index (κ1) is 32.7. The maximum Gasteiger partial charge on any atom is 0.319 e. The third kappa shape index (κ3) is 8.89. The van der Waals surface area contributed by atoms with Gasteiger partial charge in [-0.15, -0.1) is 0 Å². The molecule has 0 atom stereocenters. The first-order valence-corrected chi connectivity index (χ1v) is 15.8. The number of nitrogens with one attached hydrogen (secondary N) is 3. The van der Waals surface area contributed by atoms with Gasteiger partial charge in [0, 0.05) is 60.9 Å². The summed E-state index contributed by atoms with van der Waals surface area (Å²) in [7, 11) is 2.14. The molecule has 0 unspecified atom stereocenters. The summed E-state index contributed by atoms with van der Waals surface area (Å²) >= 11 is 0. The maximum absolute atomic E-state index is 12.9. The summed E-state index contributed by atoms with van der Waals surface area (Å²) in [6.07, 6.45) is 4.04. The molecule has 0 aliphatic carbocycles. The van der Waals surface area contributed by atoms with Crippen LogP contribution in [0.15, 0.2) is 66.7 Å². The summed E-state index contributed by atoms with van der Waals surface area (Å²) in [4.78, 5) is 30.1. The van der Waals surface area contributed by atoms with Crippen molar-refractivity contribution in [3.05, 3.63) is 72.3 Å². The van der Waals surface area contributed by atoms with Crippen LogP contribution >= 0.6 is 0 Å². The Morgan fingerprint density at radius 1 is 0.864 bits per heavy atom. The highest BCUT2D eigenvalue weighted by Crippen LogP contribution is 2.34. The van der Waals surface area contributed by atoms with E-state index in [1.807, 2.05) is 45.0 Å². The van der Waals surface area contributed by atoms with E-state index >= 15 is 0 Å². The number of nitrogens with zero attached hydrogens (tertiary/aromatic N) is 2. The summed E-state index contributed by atoms with van der Waals surface area (Å²) < 4.78 is 11.9. The van der Waals surface area contributed by atoms with E-state index in [-0.39, 0.29) is 18.0 Å². The van der Waals surface area contributed by atoms with E-state index in [1.165, 1.54) is 0 Å². The second-order valence-electron chi connectivity index (χ2n) is 11.1. The van der Waals surface area contributed by atoms with E-state index in [2.05, 4.69) is 39.7 Å². The lowest BCUT2D eigenvalue weighted by molar-refractivity contribution is 0.102. The predicted octanol–water partition coefficient (Wildman–Crippen LogP) is 7.36. The fourth-order valence-electron chi connectivity index (χ4n) is 5.40. The lowest BCUT2D eigenvalue weighted by atomic mass is 10.0. The third-order valence-electron chi connectivity index (χ3n) is 8.25. The van der Waals surface area contributed by atoms with E-state index in [9.17, 15) is 9.59 Å². The predicted molar refractivity (Wildman–Crippen MR) is 179 cm³/mol. The fraction of sp³-hybridized carbons (Fsp3) is 0.429. The average molecular weight is 602 g/mol. The van der Waals surface area contributed by atoms with Crippen molar-refractivity contribution in [2.24, 2.45) is 0 Å². The minimum Gasteiger partial charge on any atom is -0.490 e. The third-order valence-corrected chi connectivity index (χ3v) is 8.25. The van der Waals surface area contributed by atoms with Gasteiger partial charge in [0.2, 0.25) is 0 Å². The van der Waals surface area contributed by atoms with Gasteiger partial charge in [-0.1, -0.05) is 20.8 Å². The zero-order valence-corrected chi connectivity index (χ0v) is 26.7. The number of urea groups is 1. The Balaban J connectivity index is 1.33. The smallest absolute Gasteiger partial charge is 0.319 e. The van der Waals surface area contributed by atoms with Gasteiger partial charge >= 0.3 is 6.03 Å². The van der Waals surface area contributed by atoms with E-state index in [0.29, 0.717) is 46.8 Å². The Morgan fingerprint density at radius 2 is 1.52 bits per heavy atom. The second kappa shape index (κ2) is 16.0. The first-order chi connectivity index (χ1) is 21.3. The SMILES string of the molecule is CCOc1cc(NC(=O)NC(CC)CC)ccc1Oc1ccc(NC(=O)c2ccc(N(C)C3CCN(CC)CC3)cc2)cc1. The topological polar surface area (TPSA) is 95.2 Å². The summed E-state index contributed by atoms with van der Waals surface area (Å²) in [5.74, 6) is 1.47. The highest BCUT2D eigenvalue weighted by molar-refractivity contribution is 6.04. The molecule has 1 aliphatic rings. The monoisotopic (exact) mass is 601 g/mol. The molecular formula is C35H47N5O4. The zero-order valence-electron chi connectivity index (χ0n) is 26.7. The van der Waals surface area contributed by atoms with Crippen LogP contribution in [-0.4, -0.2) is 62.2 Å². The zero-order chi connectivity index (χ0) is 31.5. The van der Waals surface area contributed by atoms with Crippen molar-refractivity contribution in [2.45, 2.75) is 65.5 Å². The first-order valence-electron chi connectivity index (χ1n) is 15.8. The van der Waals surface area contributed by atoms with Crippen LogP contribution in [0, 0.1) is 0 Å². The number of ether oxygens (including phenoxy) is 2. The van der Waals surface area contributed by atoms with E-state index in [0.717, 1.165) is 51.0 Å². The molecule has 3 aromatic rings. The lowest BCUT2D eigenvalue weighted by Crippen LogP contribution is -2.43. The molecule has 0 spiro atoms. The minimum absolute atomic E-state index is 0.128. The number of hydrogen-bond donors (Lipinski definition) is 3. The Morgan fingerprint density at radius 3 is 2.14 bits per heavy atom. The minimum atomic E-state index is -0.251. The van der Waals surface area contributed by atoms with Crippen LogP contribution in [0.5, 0.6) is 17.2 Å². The Hall–Kier alpha value is -4.24. The van der Waals surface area contributed by atoms with Crippen LogP contribution in [0.1, 0.15) is 63.7 Å². The summed E-state index contributed by atoms with van der Waals surface area (Å²) in [5.41, 5.74) is 3.00. The molecule has 236 valence electrons. The molecular weight excluding hydrogens is 554 g/mol. The molecule has 9 heteroatoms. The van der Waals surface area contributed by atoms with Crippen LogP contribution in [0.2, 0.25) is 0 Å². The van der Waals surface area contributed by atoms with Crippen LogP contribution in [0.4, 0.5) is 21.9 Å². The second-order valence-corrected chi connectivity index (χ2v) is 11.1. The maximum atomic E-state index is 12.9. The number of carbonyl (C=O) groups excluding carboxylic acids is 2. The molecule has 0 bridgehead atoms. The van der Waals surface area contributed by atoms with Crippen LogP contribution in [0.25, 0.3) is 0 Å². The van der Waals surface area contributed by atoms with Crippen LogP contribution in [-0.2, 0) is 0 Å². The number of anilines is 3. The summed E-state index contributed by atoms with van der Waals surface area (Å²) in [6, 6.07) is 20.7. The molecule has 1 heterocycles. The van der Waals surface area contributed by atoms with E-state index in [1.54, 1.807) is 42.5 Å². The molecule has 0 saturated carbocycles. The van der Waals surface area contributed by atoms with E-state index < -0.39 is 0 Å². The summed E-state index contributed by atoms with van der Waals surface area (Å²) in [5, 5.41) is 8.80.